The largest absolute Gasteiger partial charge is 0.472 e. The lowest BCUT2D eigenvalue weighted by Gasteiger charge is -2.20. The van der Waals surface area contributed by atoms with Crippen molar-refractivity contribution in [2.45, 2.75) is 174 Å². The van der Waals surface area contributed by atoms with Crippen LogP contribution < -0.4 is 0 Å². The summed E-state index contributed by atoms with van der Waals surface area (Å²) in [5.41, 5.74) is 0. The molecule has 272 valence electrons. The summed E-state index contributed by atoms with van der Waals surface area (Å²) in [5, 5.41) is 18.2. The van der Waals surface area contributed by atoms with E-state index in [-0.39, 0.29) is 19.4 Å². The van der Waals surface area contributed by atoms with Gasteiger partial charge in [0.05, 0.1) is 19.8 Å². The molecule has 0 bridgehead atoms. The third-order valence-electron chi connectivity index (χ3n) is 7.67. The highest BCUT2D eigenvalue weighted by Crippen LogP contribution is 2.43. The third-order valence-corrected chi connectivity index (χ3v) is 8.62. The molecule has 0 aliphatic carbocycles. The van der Waals surface area contributed by atoms with Crippen LogP contribution in [0.3, 0.4) is 0 Å². The Kier molecular flexibility index (Phi) is 31.4. The topological polar surface area (TPSA) is 149 Å². The van der Waals surface area contributed by atoms with Gasteiger partial charge in [-0.15, -0.1) is 0 Å². The Morgan fingerprint density at radius 3 is 1.59 bits per heavy atom. The molecule has 0 aliphatic rings. The van der Waals surface area contributed by atoms with Crippen LogP contribution in [0.1, 0.15) is 162 Å². The Morgan fingerprint density at radius 2 is 1.07 bits per heavy atom. The van der Waals surface area contributed by atoms with E-state index in [1.165, 1.54) is 64.2 Å². The number of hydrogen-bond donors (Lipinski definition) is 3. The molecule has 0 aromatic rings. The van der Waals surface area contributed by atoms with E-state index in [9.17, 15) is 24.2 Å². The van der Waals surface area contributed by atoms with Crippen LogP contribution in [0.15, 0.2) is 12.2 Å². The average molecular weight is 679 g/mol. The minimum atomic E-state index is -4.60. The van der Waals surface area contributed by atoms with Gasteiger partial charge in [-0.05, 0) is 38.5 Å². The van der Waals surface area contributed by atoms with Crippen LogP contribution in [0, 0.1) is 0 Å². The zero-order valence-corrected chi connectivity index (χ0v) is 29.9. The summed E-state index contributed by atoms with van der Waals surface area (Å²) < 4.78 is 32.5. The van der Waals surface area contributed by atoms with Crippen LogP contribution in [0.25, 0.3) is 0 Å². The predicted molar refractivity (Wildman–Crippen MR) is 182 cm³/mol. The summed E-state index contributed by atoms with van der Waals surface area (Å²) in [4.78, 5) is 34.7. The molecular formula is C35H67O10P. The molecular weight excluding hydrogens is 611 g/mol. The van der Waals surface area contributed by atoms with E-state index in [0.29, 0.717) is 12.8 Å². The van der Waals surface area contributed by atoms with Gasteiger partial charge < -0.3 is 24.6 Å². The summed E-state index contributed by atoms with van der Waals surface area (Å²) in [7, 11) is -4.60. The highest BCUT2D eigenvalue weighted by atomic mass is 31.2. The molecule has 0 rings (SSSR count). The molecule has 0 aromatic carbocycles. The number of aliphatic hydroxyl groups excluding tert-OH is 2. The molecule has 10 nitrogen and oxygen atoms in total. The highest BCUT2D eigenvalue weighted by Gasteiger charge is 2.27. The zero-order chi connectivity index (χ0) is 34.1. The molecule has 3 unspecified atom stereocenters. The monoisotopic (exact) mass is 678 g/mol. The number of hydrogen-bond acceptors (Lipinski definition) is 9. The van der Waals surface area contributed by atoms with Crippen molar-refractivity contribution < 1.29 is 47.8 Å². The second-order valence-electron chi connectivity index (χ2n) is 12.3. The fourth-order valence-electron chi connectivity index (χ4n) is 4.81. The van der Waals surface area contributed by atoms with Crippen LogP contribution in [0.5, 0.6) is 0 Å². The van der Waals surface area contributed by atoms with Crippen LogP contribution >= 0.6 is 7.82 Å². The minimum absolute atomic E-state index is 0.177. The summed E-state index contributed by atoms with van der Waals surface area (Å²) in [6.07, 6.45) is 26.1. The Hall–Kier alpha value is -1.29. The van der Waals surface area contributed by atoms with E-state index >= 15 is 0 Å². The zero-order valence-electron chi connectivity index (χ0n) is 29.0. The Morgan fingerprint density at radius 1 is 0.630 bits per heavy atom. The Labute approximate surface area is 279 Å². The lowest BCUT2D eigenvalue weighted by molar-refractivity contribution is -0.161. The Balaban J connectivity index is 4.41. The fourth-order valence-corrected chi connectivity index (χ4v) is 5.60. The molecule has 0 spiro atoms. The number of esters is 2. The SMILES string of the molecule is CCCCCC/C=C\CCCCCCCC(=O)OC(COC(=O)CCCCCCCCCCCC)COP(=O)(O)OCC(O)CO. The van der Waals surface area contributed by atoms with E-state index in [1.54, 1.807) is 0 Å². The first kappa shape index (κ1) is 44.7. The molecule has 3 N–H and O–H groups in total. The molecule has 0 saturated carbocycles. The summed E-state index contributed by atoms with van der Waals surface area (Å²) in [6, 6.07) is 0. The molecule has 11 heteroatoms. The quantitative estimate of drug-likeness (QED) is 0.0262. The number of carbonyl (C=O) groups is 2. The second kappa shape index (κ2) is 32.3. The first-order chi connectivity index (χ1) is 22.2. The maximum Gasteiger partial charge on any atom is 0.472 e. The van der Waals surface area contributed by atoms with Gasteiger partial charge in [-0.1, -0.05) is 122 Å². The van der Waals surface area contributed by atoms with E-state index in [1.807, 2.05) is 0 Å². The summed E-state index contributed by atoms with van der Waals surface area (Å²) >= 11 is 0. The van der Waals surface area contributed by atoms with Crippen molar-refractivity contribution >= 4 is 19.8 Å². The van der Waals surface area contributed by atoms with Crippen molar-refractivity contribution in [3.8, 4) is 0 Å². The number of phosphoric ester groups is 1. The average Bonchev–Trinajstić information content (AvgIpc) is 3.04. The number of ether oxygens (including phenoxy) is 2. The molecule has 0 aliphatic heterocycles. The lowest BCUT2D eigenvalue weighted by atomic mass is 10.1. The maximum absolute atomic E-state index is 12.5. The van der Waals surface area contributed by atoms with Gasteiger partial charge in [0.15, 0.2) is 6.10 Å². The van der Waals surface area contributed by atoms with E-state index in [4.69, 9.17) is 19.1 Å². The lowest BCUT2D eigenvalue weighted by Crippen LogP contribution is -2.29. The number of carbonyl (C=O) groups excluding carboxylic acids is 2. The molecule has 0 saturated heterocycles. The summed E-state index contributed by atoms with van der Waals surface area (Å²) in [5.74, 6) is -0.934. The smallest absolute Gasteiger partial charge is 0.462 e. The maximum atomic E-state index is 12.5. The van der Waals surface area contributed by atoms with Crippen molar-refractivity contribution in [3.05, 3.63) is 12.2 Å². The van der Waals surface area contributed by atoms with Gasteiger partial charge in [0.2, 0.25) is 0 Å². The fraction of sp³-hybridized carbons (Fsp3) is 0.886. The number of unbranched alkanes of at least 4 members (excludes halogenated alkanes) is 18. The molecule has 0 amide bonds. The van der Waals surface area contributed by atoms with Gasteiger partial charge in [-0.2, -0.15) is 0 Å². The van der Waals surface area contributed by atoms with Gasteiger partial charge in [0.1, 0.15) is 12.7 Å². The molecule has 0 heterocycles. The summed E-state index contributed by atoms with van der Waals surface area (Å²) in [6.45, 7) is 2.32. The second-order valence-corrected chi connectivity index (χ2v) is 13.7. The number of rotatable bonds is 34. The van der Waals surface area contributed by atoms with Gasteiger partial charge in [-0.3, -0.25) is 18.6 Å². The van der Waals surface area contributed by atoms with Gasteiger partial charge in [0, 0.05) is 12.8 Å². The normalized spacial score (nSPS) is 14.3. The van der Waals surface area contributed by atoms with E-state index in [0.717, 1.165) is 57.8 Å². The molecule has 3 atom stereocenters. The van der Waals surface area contributed by atoms with E-state index < -0.39 is 51.8 Å². The molecule has 0 fully saturated rings. The van der Waals surface area contributed by atoms with Crippen LogP contribution in [-0.2, 0) is 32.7 Å². The standard InChI is InChI=1S/C35H67O10P/c1-3-5-7-9-11-13-15-16-17-19-21-23-25-27-35(39)45-33(31-44-46(40,41)43-29-32(37)28-36)30-42-34(38)26-24-22-20-18-14-12-10-8-6-4-2/h13,15,32-33,36-37H,3-12,14,16-31H2,1-2H3,(H,40,41)/b15-13-. The highest BCUT2D eigenvalue weighted by molar-refractivity contribution is 7.47. The number of aliphatic hydroxyl groups is 2. The van der Waals surface area contributed by atoms with Crippen molar-refractivity contribution in [2.24, 2.45) is 0 Å². The van der Waals surface area contributed by atoms with E-state index in [2.05, 4.69) is 30.5 Å². The molecule has 0 radical (unpaired) electrons. The predicted octanol–water partition coefficient (Wildman–Crippen LogP) is 8.50. The van der Waals surface area contributed by atoms with Gasteiger partial charge >= 0.3 is 19.8 Å². The number of phosphoric acid groups is 1. The Bertz CT molecular complexity index is 791. The molecule has 46 heavy (non-hydrogen) atoms. The van der Waals surface area contributed by atoms with Crippen molar-refractivity contribution in [3.63, 3.8) is 0 Å². The van der Waals surface area contributed by atoms with Crippen molar-refractivity contribution in [1.82, 2.24) is 0 Å². The first-order valence-electron chi connectivity index (χ1n) is 18.1. The van der Waals surface area contributed by atoms with Crippen LogP contribution in [0.2, 0.25) is 0 Å². The minimum Gasteiger partial charge on any atom is -0.462 e. The van der Waals surface area contributed by atoms with Crippen LogP contribution in [-0.4, -0.2) is 65.7 Å². The van der Waals surface area contributed by atoms with Gasteiger partial charge in [0.25, 0.3) is 0 Å². The van der Waals surface area contributed by atoms with Crippen molar-refractivity contribution in [1.29, 1.82) is 0 Å². The molecule has 0 aromatic heterocycles. The van der Waals surface area contributed by atoms with Crippen LogP contribution in [0.4, 0.5) is 0 Å². The number of allylic oxidation sites excluding steroid dienone is 2. The van der Waals surface area contributed by atoms with Crippen molar-refractivity contribution in [2.75, 3.05) is 26.4 Å². The first-order valence-corrected chi connectivity index (χ1v) is 19.6. The van der Waals surface area contributed by atoms with Gasteiger partial charge in [-0.25, -0.2) is 4.57 Å². The third kappa shape index (κ3) is 31.3.